The van der Waals surface area contributed by atoms with Gasteiger partial charge in [0.25, 0.3) is 0 Å². The highest BCUT2D eigenvalue weighted by molar-refractivity contribution is 5.29. The summed E-state index contributed by atoms with van der Waals surface area (Å²) in [6.45, 7) is 0.861. The van der Waals surface area contributed by atoms with Crippen LogP contribution in [0, 0.1) is 0 Å². The van der Waals surface area contributed by atoms with Crippen molar-refractivity contribution in [2.24, 2.45) is 0 Å². The van der Waals surface area contributed by atoms with Crippen LogP contribution >= 0.6 is 0 Å². The highest BCUT2D eigenvalue weighted by Crippen LogP contribution is 2.37. The zero-order valence-corrected chi connectivity index (χ0v) is 10.8. The van der Waals surface area contributed by atoms with Crippen molar-refractivity contribution in [2.45, 2.75) is 56.7 Å². The van der Waals surface area contributed by atoms with Gasteiger partial charge in [0.2, 0.25) is 0 Å². The molecule has 2 heteroatoms. The van der Waals surface area contributed by atoms with Gasteiger partial charge in [0, 0.05) is 13.0 Å². The first-order valence-corrected chi connectivity index (χ1v) is 7.22. The van der Waals surface area contributed by atoms with Gasteiger partial charge >= 0.3 is 0 Å². The maximum Gasteiger partial charge on any atom is 0.0814 e. The second kappa shape index (κ2) is 5.41. The van der Waals surface area contributed by atoms with Crippen LogP contribution in [-0.4, -0.2) is 17.8 Å². The molecule has 1 saturated heterocycles. The molecule has 1 heterocycles. The molecule has 1 aromatic rings. The maximum atomic E-state index is 10.3. The summed E-state index contributed by atoms with van der Waals surface area (Å²) in [6, 6.07) is 8.53. The summed E-state index contributed by atoms with van der Waals surface area (Å²) in [4.78, 5) is 0. The number of ether oxygens (including phenoxy) is 1. The van der Waals surface area contributed by atoms with Crippen LogP contribution in [0.25, 0.3) is 0 Å². The molecule has 2 atom stereocenters. The molecule has 98 valence electrons. The number of benzene rings is 1. The van der Waals surface area contributed by atoms with Gasteiger partial charge in [0.1, 0.15) is 0 Å². The lowest BCUT2D eigenvalue weighted by Gasteiger charge is -2.26. The van der Waals surface area contributed by atoms with Crippen LogP contribution in [0.15, 0.2) is 24.3 Å². The van der Waals surface area contributed by atoms with Crippen molar-refractivity contribution in [3.05, 3.63) is 35.4 Å². The molecule has 0 bridgehead atoms. The third-order valence-corrected chi connectivity index (χ3v) is 4.38. The van der Waals surface area contributed by atoms with E-state index in [9.17, 15) is 5.11 Å². The first-order valence-electron chi connectivity index (χ1n) is 7.22. The van der Waals surface area contributed by atoms with Crippen LogP contribution in [0.2, 0.25) is 0 Å². The minimum atomic E-state index is -0.367. The minimum Gasteiger partial charge on any atom is -0.388 e. The molecule has 2 nitrogen and oxygen atoms in total. The smallest absolute Gasteiger partial charge is 0.0814 e. The predicted octanol–water partition coefficient (Wildman–Crippen LogP) is 3.56. The lowest BCUT2D eigenvalue weighted by Crippen LogP contribution is -2.13. The van der Waals surface area contributed by atoms with Crippen molar-refractivity contribution in [3.63, 3.8) is 0 Å². The van der Waals surface area contributed by atoms with Crippen LogP contribution < -0.4 is 0 Å². The van der Waals surface area contributed by atoms with E-state index in [1.54, 1.807) is 0 Å². The van der Waals surface area contributed by atoms with Gasteiger partial charge in [-0.15, -0.1) is 0 Å². The Morgan fingerprint density at radius 2 is 2.11 bits per heavy atom. The minimum absolute atomic E-state index is 0.257. The van der Waals surface area contributed by atoms with E-state index in [-0.39, 0.29) is 12.2 Å². The van der Waals surface area contributed by atoms with Gasteiger partial charge in [0.05, 0.1) is 12.2 Å². The second-order valence-electron chi connectivity index (χ2n) is 5.68. The Balaban J connectivity index is 1.66. The molecule has 0 aromatic heterocycles. The Kier molecular flexibility index (Phi) is 3.67. The Hall–Kier alpha value is -0.860. The molecule has 1 aliphatic heterocycles. The Morgan fingerprint density at radius 3 is 2.78 bits per heavy atom. The van der Waals surface area contributed by atoms with Crippen LogP contribution in [-0.2, 0) is 4.74 Å². The number of aliphatic hydroxyl groups is 1. The van der Waals surface area contributed by atoms with Crippen molar-refractivity contribution in [1.29, 1.82) is 0 Å². The van der Waals surface area contributed by atoms with E-state index in [4.69, 9.17) is 4.74 Å². The fraction of sp³-hybridized carbons (Fsp3) is 0.625. The molecule has 1 aliphatic carbocycles. The molecule has 2 aliphatic rings. The van der Waals surface area contributed by atoms with Crippen molar-refractivity contribution in [2.75, 3.05) is 6.61 Å². The fourth-order valence-electron chi connectivity index (χ4n) is 2.98. The van der Waals surface area contributed by atoms with E-state index in [1.165, 1.54) is 24.8 Å². The Morgan fingerprint density at radius 1 is 1.22 bits per heavy atom. The molecular formula is C16H22O2. The number of hydrogen-bond acceptors (Lipinski definition) is 2. The van der Waals surface area contributed by atoms with Crippen LogP contribution in [0.4, 0.5) is 0 Å². The highest BCUT2D eigenvalue weighted by Gasteiger charge is 2.23. The summed E-state index contributed by atoms with van der Waals surface area (Å²) < 4.78 is 5.60. The van der Waals surface area contributed by atoms with E-state index in [0.717, 1.165) is 37.4 Å². The average molecular weight is 246 g/mol. The number of rotatable bonds is 4. The second-order valence-corrected chi connectivity index (χ2v) is 5.68. The quantitative estimate of drug-likeness (QED) is 0.880. The molecule has 1 N–H and O–H groups in total. The van der Waals surface area contributed by atoms with Crippen molar-refractivity contribution < 1.29 is 9.84 Å². The van der Waals surface area contributed by atoms with Gasteiger partial charge in [0.15, 0.2) is 0 Å². The first-order chi connectivity index (χ1) is 8.83. The lowest BCUT2D eigenvalue weighted by atomic mass is 9.79. The maximum absolute atomic E-state index is 10.3. The lowest BCUT2D eigenvalue weighted by molar-refractivity contribution is 0.0534. The molecular weight excluding hydrogens is 224 g/mol. The molecule has 0 radical (unpaired) electrons. The van der Waals surface area contributed by atoms with E-state index in [0.29, 0.717) is 0 Å². The van der Waals surface area contributed by atoms with Crippen molar-refractivity contribution >= 4 is 0 Å². The van der Waals surface area contributed by atoms with Crippen molar-refractivity contribution in [1.82, 2.24) is 0 Å². The normalized spacial score (nSPS) is 25.9. The monoisotopic (exact) mass is 246 g/mol. The molecule has 0 amide bonds. The molecule has 1 saturated carbocycles. The van der Waals surface area contributed by atoms with Crippen molar-refractivity contribution in [3.8, 4) is 0 Å². The summed E-state index contributed by atoms with van der Waals surface area (Å²) in [6.07, 6.45) is 6.84. The predicted molar refractivity (Wildman–Crippen MR) is 71.6 cm³/mol. The van der Waals surface area contributed by atoms with E-state index >= 15 is 0 Å². The number of aliphatic hydroxyl groups excluding tert-OH is 1. The van der Waals surface area contributed by atoms with Crippen LogP contribution in [0.3, 0.4) is 0 Å². The molecule has 2 unspecified atom stereocenters. The molecule has 2 fully saturated rings. The summed E-state index contributed by atoms with van der Waals surface area (Å²) in [5, 5.41) is 10.3. The van der Waals surface area contributed by atoms with E-state index < -0.39 is 0 Å². The van der Waals surface area contributed by atoms with Gasteiger partial charge in [-0.25, -0.2) is 0 Å². The standard InChI is InChI=1S/C16H22O2/c17-16(11-15-8-3-9-18-15)14-7-2-6-13(10-14)12-4-1-5-12/h2,6-7,10,12,15-17H,1,3-5,8-9,11H2. The summed E-state index contributed by atoms with van der Waals surface area (Å²) in [7, 11) is 0. The SMILES string of the molecule is OC(CC1CCCO1)c1cccc(C2CCC2)c1. The largest absolute Gasteiger partial charge is 0.388 e. The average Bonchev–Trinajstić information content (AvgIpc) is 2.80. The Bertz CT molecular complexity index is 392. The van der Waals surface area contributed by atoms with Gasteiger partial charge in [-0.1, -0.05) is 30.7 Å². The highest BCUT2D eigenvalue weighted by atomic mass is 16.5. The van der Waals surface area contributed by atoms with Gasteiger partial charge in [-0.3, -0.25) is 0 Å². The zero-order valence-electron chi connectivity index (χ0n) is 10.8. The third-order valence-electron chi connectivity index (χ3n) is 4.38. The van der Waals surface area contributed by atoms with E-state index in [1.807, 2.05) is 6.07 Å². The molecule has 1 aromatic carbocycles. The van der Waals surface area contributed by atoms with Crippen LogP contribution in [0.5, 0.6) is 0 Å². The Labute approximate surface area is 109 Å². The zero-order chi connectivity index (χ0) is 12.4. The molecule has 3 rings (SSSR count). The summed E-state index contributed by atoms with van der Waals surface area (Å²) in [5.41, 5.74) is 2.47. The third kappa shape index (κ3) is 2.60. The van der Waals surface area contributed by atoms with Gasteiger partial charge in [-0.05, 0) is 42.7 Å². The molecule has 0 spiro atoms. The topological polar surface area (TPSA) is 29.5 Å². The fourth-order valence-corrected chi connectivity index (χ4v) is 2.98. The van der Waals surface area contributed by atoms with E-state index in [2.05, 4.69) is 18.2 Å². The summed E-state index contributed by atoms with van der Waals surface area (Å²) in [5.74, 6) is 0.736. The number of hydrogen-bond donors (Lipinski definition) is 1. The van der Waals surface area contributed by atoms with Gasteiger partial charge < -0.3 is 9.84 Å². The van der Waals surface area contributed by atoms with Crippen LogP contribution in [0.1, 0.15) is 61.7 Å². The first kappa shape index (κ1) is 12.2. The molecule has 18 heavy (non-hydrogen) atoms. The van der Waals surface area contributed by atoms with Gasteiger partial charge in [-0.2, -0.15) is 0 Å². The summed E-state index contributed by atoms with van der Waals surface area (Å²) >= 11 is 0.